The van der Waals surface area contributed by atoms with Gasteiger partial charge in [0.05, 0.1) is 10.6 Å². The van der Waals surface area contributed by atoms with Gasteiger partial charge in [-0.1, -0.05) is 0 Å². The third-order valence-corrected chi connectivity index (χ3v) is 4.12. The zero-order chi connectivity index (χ0) is 14.7. The summed E-state index contributed by atoms with van der Waals surface area (Å²) in [6.45, 7) is 7.37. The largest absolute Gasteiger partial charge is 0.296 e. The van der Waals surface area contributed by atoms with Gasteiger partial charge < -0.3 is 0 Å². The van der Waals surface area contributed by atoms with Crippen LogP contribution in [0.2, 0.25) is 0 Å². The van der Waals surface area contributed by atoms with E-state index in [-0.39, 0.29) is 5.78 Å². The molecule has 0 saturated heterocycles. The first-order valence-corrected chi connectivity index (χ1v) is 7.53. The van der Waals surface area contributed by atoms with Gasteiger partial charge >= 0.3 is 0 Å². The number of thiophene rings is 1. The summed E-state index contributed by atoms with van der Waals surface area (Å²) in [5, 5.41) is 2.06. The molecule has 3 nitrogen and oxygen atoms in total. The van der Waals surface area contributed by atoms with Crippen molar-refractivity contribution in [3.05, 3.63) is 51.0 Å². The van der Waals surface area contributed by atoms with E-state index in [1.54, 1.807) is 6.92 Å². The quantitative estimate of drug-likeness (QED) is 0.788. The third kappa shape index (κ3) is 3.99. The van der Waals surface area contributed by atoms with Crippen LogP contribution in [-0.4, -0.2) is 22.7 Å². The molecule has 0 fully saturated rings. The smallest absolute Gasteiger partial charge is 0.169 e. The van der Waals surface area contributed by atoms with Gasteiger partial charge in [-0.3, -0.25) is 14.7 Å². The number of aryl methyl sites for hydroxylation is 2. The first kappa shape index (κ1) is 14.9. The Morgan fingerprint density at radius 3 is 2.60 bits per heavy atom. The number of hydrogen-bond donors (Lipinski definition) is 0. The molecule has 0 aliphatic rings. The minimum absolute atomic E-state index is 0.139. The number of pyridine rings is 1. The minimum atomic E-state index is 0.139. The van der Waals surface area contributed by atoms with Crippen molar-refractivity contribution in [1.82, 2.24) is 9.88 Å². The zero-order valence-electron chi connectivity index (χ0n) is 12.4. The molecule has 0 saturated carbocycles. The lowest BCUT2D eigenvalue weighted by atomic mass is 10.2. The molecule has 2 rings (SSSR count). The molecule has 0 aromatic carbocycles. The van der Waals surface area contributed by atoms with Crippen LogP contribution >= 0.6 is 11.3 Å². The molecular formula is C16H20N2OS. The van der Waals surface area contributed by atoms with Gasteiger partial charge in [-0.25, -0.2) is 0 Å². The fourth-order valence-electron chi connectivity index (χ4n) is 2.29. The van der Waals surface area contributed by atoms with Gasteiger partial charge in [0.15, 0.2) is 5.78 Å². The van der Waals surface area contributed by atoms with Gasteiger partial charge in [-0.2, -0.15) is 0 Å². The van der Waals surface area contributed by atoms with Crippen LogP contribution < -0.4 is 0 Å². The minimum Gasteiger partial charge on any atom is -0.296 e. The lowest BCUT2D eigenvalue weighted by Gasteiger charge is -2.16. The standard InChI is InChI=1S/C16H20N2OS/c1-11-5-12(2)17-15(6-11)9-18(4)8-14-7-16(13(3)19)20-10-14/h5-7,10H,8-9H2,1-4H3. The van der Waals surface area contributed by atoms with Crippen LogP contribution in [-0.2, 0) is 13.1 Å². The van der Waals surface area contributed by atoms with Crippen LogP contribution in [0.4, 0.5) is 0 Å². The van der Waals surface area contributed by atoms with Crippen molar-refractivity contribution in [2.45, 2.75) is 33.9 Å². The highest BCUT2D eigenvalue weighted by Gasteiger charge is 2.08. The van der Waals surface area contributed by atoms with Crippen LogP contribution in [0.25, 0.3) is 0 Å². The van der Waals surface area contributed by atoms with Crippen molar-refractivity contribution < 1.29 is 4.79 Å². The highest BCUT2D eigenvalue weighted by atomic mass is 32.1. The Kier molecular flexibility index (Phi) is 4.68. The first-order valence-electron chi connectivity index (χ1n) is 6.65. The molecule has 4 heteroatoms. The molecular weight excluding hydrogens is 268 g/mol. The van der Waals surface area contributed by atoms with Crippen LogP contribution in [0.5, 0.6) is 0 Å². The van der Waals surface area contributed by atoms with Gasteiger partial charge in [0.2, 0.25) is 0 Å². The van der Waals surface area contributed by atoms with Crippen molar-refractivity contribution in [2.75, 3.05) is 7.05 Å². The van der Waals surface area contributed by atoms with Gasteiger partial charge in [0.1, 0.15) is 0 Å². The number of carbonyl (C=O) groups is 1. The molecule has 0 bridgehead atoms. The Balaban J connectivity index is 2.00. The van der Waals surface area contributed by atoms with E-state index in [9.17, 15) is 4.79 Å². The van der Waals surface area contributed by atoms with Gasteiger partial charge in [0, 0.05) is 18.8 Å². The van der Waals surface area contributed by atoms with Crippen molar-refractivity contribution in [3.63, 3.8) is 0 Å². The summed E-state index contributed by atoms with van der Waals surface area (Å²) in [7, 11) is 2.07. The molecule has 0 N–H and O–H groups in total. The summed E-state index contributed by atoms with van der Waals surface area (Å²) in [4.78, 5) is 18.9. The topological polar surface area (TPSA) is 33.2 Å². The number of carbonyl (C=O) groups excluding carboxylic acids is 1. The molecule has 0 spiro atoms. The van der Waals surface area contributed by atoms with E-state index in [1.807, 2.05) is 13.0 Å². The van der Waals surface area contributed by atoms with Crippen molar-refractivity contribution in [3.8, 4) is 0 Å². The normalized spacial score (nSPS) is 11.1. The predicted molar refractivity (Wildman–Crippen MR) is 83.2 cm³/mol. The maximum atomic E-state index is 11.3. The van der Waals surface area contributed by atoms with Gasteiger partial charge in [0.25, 0.3) is 0 Å². The second kappa shape index (κ2) is 6.29. The maximum Gasteiger partial charge on any atom is 0.169 e. The summed E-state index contributed by atoms with van der Waals surface area (Å²) in [6.07, 6.45) is 0. The maximum absolute atomic E-state index is 11.3. The van der Waals surface area contributed by atoms with Crippen molar-refractivity contribution >= 4 is 17.1 Å². The Morgan fingerprint density at radius 1 is 1.25 bits per heavy atom. The van der Waals surface area contributed by atoms with Crippen LogP contribution in [0, 0.1) is 13.8 Å². The van der Waals surface area contributed by atoms with Crippen molar-refractivity contribution in [1.29, 1.82) is 0 Å². The second-order valence-corrected chi connectivity index (χ2v) is 6.24. The van der Waals surface area contributed by atoms with E-state index >= 15 is 0 Å². The number of ketones is 1. The highest BCUT2D eigenvalue weighted by molar-refractivity contribution is 7.12. The van der Waals surface area contributed by atoms with Crippen LogP contribution in [0.3, 0.4) is 0 Å². The average molecular weight is 288 g/mol. The highest BCUT2D eigenvalue weighted by Crippen LogP contribution is 2.17. The summed E-state index contributed by atoms with van der Waals surface area (Å²) < 4.78 is 0. The Morgan fingerprint density at radius 2 is 2.00 bits per heavy atom. The van der Waals surface area contributed by atoms with E-state index in [0.29, 0.717) is 0 Å². The fraction of sp³-hybridized carbons (Fsp3) is 0.375. The van der Waals surface area contributed by atoms with Crippen LogP contribution in [0.1, 0.15) is 39.1 Å². The lowest BCUT2D eigenvalue weighted by molar-refractivity contribution is 0.102. The van der Waals surface area contributed by atoms with E-state index in [0.717, 1.165) is 29.4 Å². The number of hydrogen-bond acceptors (Lipinski definition) is 4. The lowest BCUT2D eigenvalue weighted by Crippen LogP contribution is -2.18. The average Bonchev–Trinajstić information content (AvgIpc) is 2.75. The van der Waals surface area contributed by atoms with Crippen molar-refractivity contribution in [2.24, 2.45) is 0 Å². The number of aromatic nitrogens is 1. The summed E-state index contributed by atoms with van der Waals surface area (Å²) >= 11 is 1.52. The van der Waals surface area contributed by atoms with Gasteiger partial charge in [-0.15, -0.1) is 11.3 Å². The molecule has 0 aliphatic heterocycles. The molecule has 2 aromatic heterocycles. The molecule has 106 valence electrons. The molecule has 2 heterocycles. The van der Waals surface area contributed by atoms with E-state index in [1.165, 1.54) is 22.5 Å². The summed E-state index contributed by atoms with van der Waals surface area (Å²) in [6, 6.07) is 6.19. The fourth-order valence-corrected chi connectivity index (χ4v) is 3.10. The third-order valence-electron chi connectivity index (χ3n) is 3.04. The Hall–Kier alpha value is -1.52. The molecule has 0 radical (unpaired) electrons. The molecule has 20 heavy (non-hydrogen) atoms. The van der Waals surface area contributed by atoms with E-state index < -0.39 is 0 Å². The monoisotopic (exact) mass is 288 g/mol. The number of rotatable bonds is 5. The second-order valence-electron chi connectivity index (χ2n) is 5.32. The Bertz CT molecular complexity index is 598. The zero-order valence-corrected chi connectivity index (χ0v) is 13.3. The SMILES string of the molecule is CC(=O)c1cc(CN(C)Cc2cc(C)cc(C)n2)cs1. The molecule has 0 atom stereocenters. The van der Waals surface area contributed by atoms with Crippen LogP contribution in [0.15, 0.2) is 23.6 Å². The Labute approximate surface area is 124 Å². The van der Waals surface area contributed by atoms with Gasteiger partial charge in [-0.05, 0) is 62.5 Å². The van der Waals surface area contributed by atoms with E-state index in [2.05, 4.69) is 41.4 Å². The number of nitrogens with zero attached hydrogens (tertiary/aromatic N) is 2. The summed E-state index contributed by atoms with van der Waals surface area (Å²) in [5.74, 6) is 0.139. The van der Waals surface area contributed by atoms with E-state index in [4.69, 9.17) is 0 Å². The number of Topliss-reactive ketones (excluding diaryl/α,β-unsaturated/α-hetero) is 1. The first-order chi connectivity index (χ1) is 9.44. The molecule has 0 amide bonds. The molecule has 0 unspecified atom stereocenters. The predicted octanol–water partition coefficient (Wildman–Crippen LogP) is 3.59. The molecule has 0 aliphatic carbocycles. The summed E-state index contributed by atoms with van der Waals surface area (Å²) in [5.41, 5.74) is 4.58. The molecule has 2 aromatic rings.